The standard InChI is InChI=1S/C12H16.C10H12N2O2.C10H12N2O.2C10H12N2.C10H11NO2.C9H10N2O2/c1-9(2)11-7-6-10-4-3-5-12(10)8-11;1-6(2)7-3-8-10(11-4-7)12-9(13)5-14-8;1-6(2)8-3-7-4-9(13)12-10(7)11-5-8;1-7(2)8-3-4-10-9(5-8)6-11-12-10;1-7(2)8-3-4-9-10(5-8)12-6-11-9;1-6(2)7-3-4-8-9(5-7)13-10(12)11-8;1-5(2)6-3-7-8(10-4-6)11-9(12)13-7/h6-9H,3-5H2,1-2H3;3-4,6H,5H2,1-2H3,(H,11,12,13);3,5-6H,4H2,1-2H3,(H,11,12,13);2*3-7H,1-2H3,(H,11,12);3-6H,1-2H3,(H,11,12);3-5H,1-2H3,(H,10,11,12). The van der Waals surface area contributed by atoms with Crippen molar-refractivity contribution in [1.29, 1.82) is 0 Å². The van der Waals surface area contributed by atoms with Gasteiger partial charge in [-0.05, 0) is 165 Å². The molecule has 466 valence electrons. The Hall–Kier alpha value is -9.45. The molecule has 6 N–H and O–H groups in total. The second kappa shape index (κ2) is 30.0. The number of anilines is 2. The summed E-state index contributed by atoms with van der Waals surface area (Å²) in [7, 11) is 0. The predicted molar refractivity (Wildman–Crippen MR) is 356 cm³/mol. The number of hydrogen-bond acceptors (Lipinski definition) is 12. The Morgan fingerprint density at radius 2 is 0.966 bits per heavy atom. The summed E-state index contributed by atoms with van der Waals surface area (Å²) >= 11 is 0. The van der Waals surface area contributed by atoms with E-state index in [0.29, 0.717) is 76.2 Å². The molecular weight excluding hydrogens is 1120 g/mol. The molecule has 14 rings (SSSR count). The smallest absolute Gasteiger partial charge is 0.418 e. The quantitative estimate of drug-likeness (QED) is 0.0871. The van der Waals surface area contributed by atoms with Crippen LogP contribution in [0.1, 0.15) is 200 Å². The number of aromatic nitrogens is 9. The number of pyridine rings is 3. The number of amides is 2. The first kappa shape index (κ1) is 65.5. The number of aromatic amines is 4. The molecule has 1 aliphatic carbocycles. The van der Waals surface area contributed by atoms with E-state index in [4.69, 9.17) is 13.6 Å². The second-order valence-corrected chi connectivity index (χ2v) is 24.7. The molecule has 89 heavy (non-hydrogen) atoms. The lowest BCUT2D eigenvalue weighted by molar-refractivity contribution is -0.118. The number of nitrogens with one attached hydrogen (secondary N) is 6. The van der Waals surface area contributed by atoms with Crippen molar-refractivity contribution in [3.63, 3.8) is 0 Å². The number of H-pyrrole nitrogens is 4. The van der Waals surface area contributed by atoms with Crippen LogP contribution in [0.5, 0.6) is 5.75 Å². The SMILES string of the molecule is CC(C)c1ccc2[nH]c(=O)oc2c1.CC(C)c1ccc2[nH]ncc2c1.CC(C)c1ccc2c(c1)CCC2.CC(C)c1ccc2nc[nH]c2c1.CC(C)c1cnc2[nH]c(=O)oc2c1.CC(C)c1cnc2c(c1)CC(=O)N2.CC(C)c1cnc2c(c1)OCC(=O)N2. The fourth-order valence-corrected chi connectivity index (χ4v) is 9.81. The molecule has 9 heterocycles. The van der Waals surface area contributed by atoms with Crippen molar-refractivity contribution in [2.75, 3.05) is 17.2 Å². The van der Waals surface area contributed by atoms with Crippen LogP contribution >= 0.6 is 0 Å². The van der Waals surface area contributed by atoms with E-state index >= 15 is 0 Å². The van der Waals surface area contributed by atoms with Gasteiger partial charge >= 0.3 is 11.5 Å². The second-order valence-electron chi connectivity index (χ2n) is 24.7. The number of benzene rings is 4. The lowest BCUT2D eigenvalue weighted by Gasteiger charge is -2.18. The van der Waals surface area contributed by atoms with Crippen molar-refractivity contribution >= 4 is 67.7 Å². The van der Waals surface area contributed by atoms with Crippen molar-refractivity contribution in [2.24, 2.45) is 0 Å². The zero-order valence-electron chi connectivity index (χ0n) is 53.7. The summed E-state index contributed by atoms with van der Waals surface area (Å²) in [5.41, 5.74) is 18.7. The third-order valence-electron chi connectivity index (χ3n) is 15.5. The van der Waals surface area contributed by atoms with Crippen molar-refractivity contribution in [1.82, 2.24) is 45.1 Å². The van der Waals surface area contributed by atoms with Gasteiger partial charge in [0.1, 0.15) is 5.82 Å². The van der Waals surface area contributed by atoms with E-state index in [1.54, 1.807) is 29.8 Å². The summed E-state index contributed by atoms with van der Waals surface area (Å²) in [6.07, 6.45) is 13.4. The minimum Gasteiger partial charge on any atom is -0.480 e. The first-order valence-corrected chi connectivity index (χ1v) is 30.8. The maximum Gasteiger partial charge on any atom is 0.418 e. The number of hydrogen-bond donors (Lipinski definition) is 6. The third-order valence-corrected chi connectivity index (χ3v) is 15.5. The van der Waals surface area contributed by atoms with Gasteiger partial charge in [-0.2, -0.15) is 5.10 Å². The van der Waals surface area contributed by atoms with Gasteiger partial charge in [-0.25, -0.2) is 29.5 Å². The van der Waals surface area contributed by atoms with Crippen LogP contribution in [0.4, 0.5) is 11.6 Å². The highest BCUT2D eigenvalue weighted by Gasteiger charge is 2.20. The van der Waals surface area contributed by atoms with Crippen molar-refractivity contribution in [3.8, 4) is 5.75 Å². The molecular formula is C71H85N11O7. The zero-order chi connectivity index (χ0) is 64.1. The van der Waals surface area contributed by atoms with Crippen LogP contribution in [0, 0.1) is 0 Å². The maximum atomic E-state index is 11.0. The Labute approximate surface area is 519 Å². The zero-order valence-corrected chi connectivity index (χ0v) is 53.7. The number of oxazole rings is 2. The number of carbonyl (C=O) groups excluding carboxylic acids is 2. The summed E-state index contributed by atoms with van der Waals surface area (Å²) in [6, 6.07) is 31.3. The maximum absolute atomic E-state index is 11.0. The van der Waals surface area contributed by atoms with E-state index in [1.165, 1.54) is 52.5 Å². The number of aryl methyl sites for hydroxylation is 2. The monoisotopic (exact) mass is 1200 g/mol. The number of imidazole rings is 1. The molecule has 0 saturated heterocycles. The van der Waals surface area contributed by atoms with Gasteiger partial charge in [-0.1, -0.05) is 133 Å². The molecule has 11 aromatic rings. The van der Waals surface area contributed by atoms with Crippen LogP contribution in [0.15, 0.2) is 141 Å². The van der Waals surface area contributed by atoms with E-state index in [0.717, 1.165) is 44.6 Å². The van der Waals surface area contributed by atoms with Gasteiger partial charge in [-0.3, -0.25) is 24.7 Å². The molecule has 7 aromatic heterocycles. The van der Waals surface area contributed by atoms with E-state index in [9.17, 15) is 19.2 Å². The number of nitrogens with zero attached hydrogens (tertiary/aromatic N) is 5. The lowest BCUT2D eigenvalue weighted by atomic mass is 9.99. The highest BCUT2D eigenvalue weighted by atomic mass is 16.5. The van der Waals surface area contributed by atoms with Crippen LogP contribution < -0.4 is 26.9 Å². The van der Waals surface area contributed by atoms with Gasteiger partial charge < -0.3 is 29.2 Å². The minimum absolute atomic E-state index is 0.0448. The molecule has 18 heteroatoms. The number of rotatable bonds is 7. The Bertz CT molecular complexity index is 4120. The molecule has 0 bridgehead atoms. The average Bonchev–Trinajstić information content (AvgIpc) is 4.09. The molecule has 4 aromatic carbocycles. The highest BCUT2D eigenvalue weighted by Crippen LogP contribution is 2.30. The van der Waals surface area contributed by atoms with E-state index in [1.807, 2.05) is 42.7 Å². The van der Waals surface area contributed by atoms with Crippen molar-refractivity contribution < 1.29 is 23.2 Å². The summed E-state index contributed by atoms with van der Waals surface area (Å²) in [4.78, 5) is 68.4. The van der Waals surface area contributed by atoms with Gasteiger partial charge in [-0.15, -0.1) is 0 Å². The van der Waals surface area contributed by atoms with Crippen molar-refractivity contribution in [3.05, 3.63) is 199 Å². The molecule has 0 radical (unpaired) electrons. The Kier molecular flexibility index (Phi) is 22.1. The van der Waals surface area contributed by atoms with Crippen LogP contribution in [-0.2, 0) is 28.9 Å². The van der Waals surface area contributed by atoms with Gasteiger partial charge in [0.2, 0.25) is 5.91 Å². The van der Waals surface area contributed by atoms with E-state index < -0.39 is 11.5 Å². The van der Waals surface area contributed by atoms with Gasteiger partial charge in [0, 0.05) is 29.5 Å². The normalized spacial score (nSPS) is 12.8. The Balaban J connectivity index is 0.000000134. The molecule has 2 amide bonds. The van der Waals surface area contributed by atoms with E-state index in [2.05, 4.69) is 213 Å². The summed E-state index contributed by atoms with van der Waals surface area (Å²) in [5.74, 6) is 4.52. The van der Waals surface area contributed by atoms with Crippen LogP contribution in [0.2, 0.25) is 0 Å². The number of carbonyl (C=O) groups is 2. The average molecular weight is 1200 g/mol. The molecule has 0 spiro atoms. The molecule has 0 fully saturated rings. The van der Waals surface area contributed by atoms with E-state index in [-0.39, 0.29) is 18.4 Å². The lowest BCUT2D eigenvalue weighted by Crippen LogP contribution is -2.26. The predicted octanol–water partition coefficient (Wildman–Crippen LogP) is 15.8. The largest absolute Gasteiger partial charge is 0.480 e. The Morgan fingerprint density at radius 3 is 1.66 bits per heavy atom. The third kappa shape index (κ3) is 17.9. The van der Waals surface area contributed by atoms with Gasteiger partial charge in [0.15, 0.2) is 35.0 Å². The van der Waals surface area contributed by atoms with Crippen LogP contribution in [0.3, 0.4) is 0 Å². The molecule has 2 aliphatic heterocycles. The fraction of sp³-hybridized carbons (Fsp3) is 0.366. The molecule has 0 atom stereocenters. The van der Waals surface area contributed by atoms with Gasteiger partial charge in [0.25, 0.3) is 5.91 Å². The molecule has 0 unspecified atom stereocenters. The first-order chi connectivity index (χ1) is 42.5. The number of fused-ring (bicyclic) bond motifs is 7. The highest BCUT2D eigenvalue weighted by molar-refractivity contribution is 5.98. The molecule has 18 nitrogen and oxygen atoms in total. The minimum atomic E-state index is -0.455. The van der Waals surface area contributed by atoms with Crippen LogP contribution in [-0.4, -0.2) is 63.5 Å². The van der Waals surface area contributed by atoms with Gasteiger partial charge in [0.05, 0.1) is 41.0 Å². The first-order valence-electron chi connectivity index (χ1n) is 30.8. The summed E-state index contributed by atoms with van der Waals surface area (Å²) in [6.45, 7) is 30.1. The number of ether oxygens (including phenoxy) is 1. The van der Waals surface area contributed by atoms with Crippen LogP contribution in [0.25, 0.3) is 44.3 Å². The molecule has 3 aliphatic rings. The fourth-order valence-electron chi connectivity index (χ4n) is 9.81. The van der Waals surface area contributed by atoms with Crippen molar-refractivity contribution in [2.45, 2.75) is 164 Å². The topological polar surface area (TPSA) is 255 Å². The summed E-state index contributed by atoms with van der Waals surface area (Å²) < 4.78 is 15.1. The Morgan fingerprint density at radius 1 is 0.438 bits per heavy atom. The molecule has 0 saturated carbocycles. The summed E-state index contributed by atoms with van der Waals surface area (Å²) in [5, 5.41) is 13.5.